The molecule has 0 radical (unpaired) electrons. The van der Waals surface area contributed by atoms with Gasteiger partial charge in [-0.05, 0) is 49.3 Å². The third kappa shape index (κ3) is 4.10. The van der Waals surface area contributed by atoms with Gasteiger partial charge < -0.3 is 10.6 Å². The molecule has 2 aliphatic carbocycles. The van der Waals surface area contributed by atoms with Gasteiger partial charge >= 0.3 is 6.03 Å². The largest absolute Gasteiger partial charge is 0.338 e. The highest BCUT2D eigenvalue weighted by molar-refractivity contribution is 5.90. The van der Waals surface area contributed by atoms with Crippen molar-refractivity contribution in [1.29, 1.82) is 0 Å². The van der Waals surface area contributed by atoms with E-state index in [9.17, 15) is 9.70 Å². The predicted octanol–water partition coefficient (Wildman–Crippen LogP) is 4.10. The smallest absolute Gasteiger partial charge is 0.319 e. The minimum Gasteiger partial charge on any atom is -0.338 e. The second-order valence-corrected chi connectivity index (χ2v) is 6.33. The number of allylic oxidation sites excluding steroid dienone is 3. The topological polar surface area (TPSA) is 70.6 Å². The van der Waals surface area contributed by atoms with Crippen molar-refractivity contribution in [3.05, 3.63) is 58.0 Å². The van der Waals surface area contributed by atoms with Gasteiger partial charge in [-0.15, -0.1) is 0 Å². The van der Waals surface area contributed by atoms with E-state index in [1.807, 2.05) is 12.1 Å². The van der Waals surface area contributed by atoms with Crippen LogP contribution in [0.15, 0.2) is 47.2 Å². The number of benzene rings is 1. The maximum Gasteiger partial charge on any atom is 0.319 e. The quantitative estimate of drug-likeness (QED) is 0.800. The van der Waals surface area contributed by atoms with Crippen molar-refractivity contribution in [1.82, 2.24) is 5.32 Å². The first-order valence-corrected chi connectivity index (χ1v) is 8.60. The molecule has 2 N–H and O–H groups in total. The first-order chi connectivity index (χ1) is 11.8. The first kappa shape index (κ1) is 16.4. The molecule has 0 spiro atoms. The summed E-state index contributed by atoms with van der Waals surface area (Å²) in [6, 6.07) is 5.50. The molecule has 0 saturated heterocycles. The molecule has 0 saturated carbocycles. The number of nitrogens with one attached hydrogen (secondary N) is 2. The highest BCUT2D eigenvalue weighted by Gasteiger charge is 2.22. The van der Waals surface area contributed by atoms with Crippen molar-refractivity contribution < 1.29 is 4.79 Å². The van der Waals surface area contributed by atoms with Gasteiger partial charge in [0.1, 0.15) is 0 Å². The Kier molecular flexibility index (Phi) is 5.41. The van der Waals surface area contributed by atoms with Crippen LogP contribution in [0.2, 0.25) is 0 Å². The molecule has 126 valence electrons. The van der Waals surface area contributed by atoms with E-state index < -0.39 is 0 Å². The van der Waals surface area contributed by atoms with Crippen LogP contribution < -0.4 is 10.6 Å². The van der Waals surface area contributed by atoms with Crippen molar-refractivity contribution in [2.75, 3.05) is 11.9 Å². The molecule has 3 rings (SSSR count). The summed E-state index contributed by atoms with van der Waals surface area (Å²) in [5.74, 6) is 0. The molecular formula is C19H23N3O2. The molecule has 5 nitrogen and oxygen atoms in total. The maximum atomic E-state index is 12.1. The van der Waals surface area contributed by atoms with Crippen molar-refractivity contribution in [3.63, 3.8) is 0 Å². The normalized spacial score (nSPS) is 19.2. The molecule has 5 heteroatoms. The first-order valence-electron chi connectivity index (χ1n) is 8.60. The lowest BCUT2D eigenvalue weighted by Gasteiger charge is -2.22. The number of carbonyl (C=O) groups is 1. The Morgan fingerprint density at radius 3 is 3.00 bits per heavy atom. The van der Waals surface area contributed by atoms with Gasteiger partial charge in [-0.2, -0.15) is 4.91 Å². The minimum atomic E-state index is -0.204. The number of rotatable bonds is 5. The van der Waals surface area contributed by atoms with Crippen LogP contribution >= 0.6 is 0 Å². The highest BCUT2D eigenvalue weighted by Crippen LogP contribution is 2.29. The fourth-order valence-electron chi connectivity index (χ4n) is 3.32. The molecule has 2 aliphatic rings. The van der Waals surface area contributed by atoms with E-state index in [-0.39, 0.29) is 12.1 Å². The van der Waals surface area contributed by atoms with E-state index >= 15 is 0 Å². The van der Waals surface area contributed by atoms with Gasteiger partial charge in [0, 0.05) is 18.7 Å². The van der Waals surface area contributed by atoms with Crippen molar-refractivity contribution >= 4 is 11.7 Å². The van der Waals surface area contributed by atoms with Gasteiger partial charge in [0.2, 0.25) is 0 Å². The summed E-state index contributed by atoms with van der Waals surface area (Å²) >= 11 is 0. The third-order valence-electron chi connectivity index (χ3n) is 4.63. The van der Waals surface area contributed by atoms with Crippen LogP contribution in [-0.4, -0.2) is 18.6 Å². The molecule has 0 bridgehead atoms. The van der Waals surface area contributed by atoms with Crippen LogP contribution in [-0.2, 0) is 12.8 Å². The zero-order valence-corrected chi connectivity index (χ0v) is 13.8. The van der Waals surface area contributed by atoms with Crippen LogP contribution in [0, 0.1) is 4.91 Å². The number of hydrogen-bond donors (Lipinski definition) is 2. The molecule has 2 amide bonds. The van der Waals surface area contributed by atoms with E-state index in [4.69, 9.17) is 0 Å². The van der Waals surface area contributed by atoms with Crippen molar-refractivity contribution in [2.24, 2.45) is 5.18 Å². The van der Waals surface area contributed by atoms with Crippen LogP contribution in [0.25, 0.3) is 0 Å². The maximum absolute atomic E-state index is 12.1. The van der Waals surface area contributed by atoms with E-state index in [0.29, 0.717) is 13.0 Å². The molecular weight excluding hydrogens is 302 g/mol. The summed E-state index contributed by atoms with van der Waals surface area (Å²) in [7, 11) is 0. The highest BCUT2D eigenvalue weighted by atomic mass is 16.3. The van der Waals surface area contributed by atoms with Crippen LogP contribution in [0.4, 0.5) is 10.5 Å². The minimum absolute atomic E-state index is 0.187. The zero-order chi connectivity index (χ0) is 16.8. The number of urea groups is 1. The van der Waals surface area contributed by atoms with Crippen LogP contribution in [0.1, 0.15) is 36.8 Å². The number of aryl methyl sites for hydroxylation is 1. The summed E-state index contributed by atoms with van der Waals surface area (Å²) in [5, 5.41) is 9.00. The standard InChI is InChI=1S/C19H23N3O2/c23-19(20-12-11-14-5-2-1-3-6-14)21-18-8-4-7-15-9-10-16(22-24)13-17(15)18/h2,4-8,16H,1,3,9-13H2,(H2,20,21,23). The van der Waals surface area contributed by atoms with Gasteiger partial charge in [-0.1, -0.05) is 41.1 Å². The Bertz CT molecular complexity index is 679. The number of carbonyl (C=O) groups excluding carboxylic acids is 1. The summed E-state index contributed by atoms with van der Waals surface area (Å²) in [4.78, 5) is 23.0. The molecule has 24 heavy (non-hydrogen) atoms. The van der Waals surface area contributed by atoms with Crippen molar-refractivity contribution in [2.45, 2.75) is 44.6 Å². The average molecular weight is 325 g/mol. The van der Waals surface area contributed by atoms with Gasteiger partial charge in [0.05, 0.1) is 6.04 Å². The Balaban J connectivity index is 1.56. The van der Waals surface area contributed by atoms with Gasteiger partial charge in [-0.25, -0.2) is 4.79 Å². The molecule has 0 aromatic heterocycles. The Morgan fingerprint density at radius 2 is 2.21 bits per heavy atom. The van der Waals surface area contributed by atoms with Gasteiger partial charge in [0.15, 0.2) is 0 Å². The number of hydrogen-bond acceptors (Lipinski definition) is 3. The lowest BCUT2D eigenvalue weighted by molar-refractivity contribution is 0.252. The molecule has 0 fully saturated rings. The number of nitroso groups, excluding NO2 is 1. The fourth-order valence-corrected chi connectivity index (χ4v) is 3.32. The van der Waals surface area contributed by atoms with Crippen LogP contribution in [0.5, 0.6) is 0 Å². The number of nitrogens with zero attached hydrogens (tertiary/aromatic N) is 1. The van der Waals surface area contributed by atoms with E-state index in [1.54, 1.807) is 0 Å². The lowest BCUT2D eigenvalue weighted by atomic mass is 9.87. The summed E-state index contributed by atoms with van der Waals surface area (Å²) < 4.78 is 0. The third-order valence-corrected chi connectivity index (χ3v) is 4.63. The Labute approximate surface area is 142 Å². The Morgan fingerprint density at radius 1 is 1.29 bits per heavy atom. The summed E-state index contributed by atoms with van der Waals surface area (Å²) in [6.07, 6.45) is 11.8. The SMILES string of the molecule is O=NC1CCc2cccc(NC(=O)NCCC3=CCCC=C3)c2C1. The monoisotopic (exact) mass is 325 g/mol. The number of fused-ring (bicyclic) bond motifs is 1. The van der Waals surface area contributed by atoms with Gasteiger partial charge in [-0.3, -0.25) is 0 Å². The molecule has 1 unspecified atom stereocenters. The fraction of sp³-hybridized carbons (Fsp3) is 0.421. The predicted molar refractivity (Wildman–Crippen MR) is 96.1 cm³/mol. The summed E-state index contributed by atoms with van der Waals surface area (Å²) in [6.45, 7) is 0.607. The molecule has 1 atom stereocenters. The molecule has 1 aromatic rings. The molecule has 0 aliphatic heterocycles. The average Bonchev–Trinajstić information content (AvgIpc) is 2.62. The molecule has 1 aromatic carbocycles. The van der Waals surface area contributed by atoms with E-state index in [0.717, 1.165) is 43.4 Å². The zero-order valence-electron chi connectivity index (χ0n) is 13.8. The van der Waals surface area contributed by atoms with E-state index in [1.165, 1.54) is 11.1 Å². The van der Waals surface area contributed by atoms with E-state index in [2.05, 4.69) is 40.1 Å². The number of amides is 2. The second-order valence-electron chi connectivity index (χ2n) is 6.33. The van der Waals surface area contributed by atoms with Crippen LogP contribution in [0.3, 0.4) is 0 Å². The Hall–Kier alpha value is -2.43. The molecule has 0 heterocycles. The van der Waals surface area contributed by atoms with Gasteiger partial charge in [0.25, 0.3) is 0 Å². The summed E-state index contributed by atoms with van der Waals surface area (Å²) in [5.41, 5.74) is 4.31. The van der Waals surface area contributed by atoms with Crippen molar-refractivity contribution in [3.8, 4) is 0 Å². The second kappa shape index (κ2) is 7.90. The lowest BCUT2D eigenvalue weighted by Crippen LogP contribution is -2.30. The number of anilines is 1.